The monoisotopic (exact) mass is 237 g/mol. The fourth-order valence-electron chi connectivity index (χ4n) is 3.10. The molecule has 1 saturated carbocycles. The summed E-state index contributed by atoms with van der Waals surface area (Å²) in [6.07, 6.45) is 6.36. The van der Waals surface area contributed by atoms with Crippen LogP contribution in [0.3, 0.4) is 0 Å². The van der Waals surface area contributed by atoms with E-state index in [0.717, 1.165) is 11.8 Å². The van der Waals surface area contributed by atoms with Gasteiger partial charge in [0.15, 0.2) is 0 Å². The highest BCUT2D eigenvalue weighted by Crippen LogP contribution is 2.40. The van der Waals surface area contributed by atoms with Crippen LogP contribution in [0.5, 0.6) is 0 Å². The molecule has 2 rings (SSSR count). The van der Waals surface area contributed by atoms with Crippen molar-refractivity contribution in [1.29, 1.82) is 0 Å². The highest BCUT2D eigenvalue weighted by Gasteiger charge is 2.34. The number of rotatable bonds is 3. The molecule has 2 heteroatoms. The molecule has 2 unspecified atom stereocenters. The zero-order valence-corrected chi connectivity index (χ0v) is 11.2. The third kappa shape index (κ3) is 2.67. The normalized spacial score (nSPS) is 30.9. The first kappa shape index (κ1) is 12.1. The van der Waals surface area contributed by atoms with Gasteiger partial charge in [0, 0.05) is 5.54 Å². The molecule has 0 amide bonds. The summed E-state index contributed by atoms with van der Waals surface area (Å²) in [5.74, 6) is 1.63. The van der Waals surface area contributed by atoms with Gasteiger partial charge in [-0.15, -0.1) is 0 Å². The van der Waals surface area contributed by atoms with E-state index in [4.69, 9.17) is 5.73 Å². The van der Waals surface area contributed by atoms with Crippen LogP contribution in [0.4, 0.5) is 0 Å². The lowest BCUT2D eigenvalue weighted by Gasteiger charge is -2.38. The van der Waals surface area contributed by atoms with Crippen LogP contribution in [-0.4, -0.2) is 0 Å². The summed E-state index contributed by atoms with van der Waals surface area (Å²) in [6.45, 7) is 4.63. The van der Waals surface area contributed by atoms with Gasteiger partial charge in [-0.3, -0.25) is 0 Å². The quantitative estimate of drug-likeness (QED) is 0.840. The lowest BCUT2D eigenvalue weighted by atomic mass is 9.71. The van der Waals surface area contributed by atoms with Crippen LogP contribution in [0.15, 0.2) is 16.8 Å². The molecule has 90 valence electrons. The predicted molar refractivity (Wildman–Crippen MR) is 71.6 cm³/mol. The van der Waals surface area contributed by atoms with Gasteiger partial charge < -0.3 is 5.73 Å². The lowest BCUT2D eigenvalue weighted by molar-refractivity contribution is 0.203. The highest BCUT2D eigenvalue weighted by atomic mass is 32.1. The van der Waals surface area contributed by atoms with Crippen molar-refractivity contribution in [2.45, 2.75) is 51.5 Å². The molecule has 0 spiro atoms. The van der Waals surface area contributed by atoms with E-state index in [1.54, 1.807) is 11.3 Å². The number of thiophene rings is 1. The maximum absolute atomic E-state index is 6.60. The van der Waals surface area contributed by atoms with Gasteiger partial charge in [-0.1, -0.05) is 26.7 Å². The fourth-order valence-corrected chi connectivity index (χ4v) is 3.87. The minimum Gasteiger partial charge on any atom is -0.321 e. The Kier molecular flexibility index (Phi) is 3.70. The fraction of sp³-hybridized carbons (Fsp3) is 0.714. The van der Waals surface area contributed by atoms with Crippen molar-refractivity contribution < 1.29 is 0 Å². The third-order valence-corrected chi connectivity index (χ3v) is 4.47. The van der Waals surface area contributed by atoms with E-state index in [-0.39, 0.29) is 5.54 Å². The predicted octanol–water partition coefficient (Wildman–Crippen LogP) is 4.14. The average molecular weight is 237 g/mol. The molecule has 1 nitrogen and oxygen atoms in total. The molecule has 0 radical (unpaired) electrons. The molecule has 0 saturated heterocycles. The summed E-state index contributed by atoms with van der Waals surface area (Å²) < 4.78 is 0. The van der Waals surface area contributed by atoms with Crippen LogP contribution in [0.1, 0.15) is 51.5 Å². The van der Waals surface area contributed by atoms with Gasteiger partial charge in [0.05, 0.1) is 0 Å². The second-order valence-electron chi connectivity index (χ2n) is 5.76. The molecule has 1 aliphatic rings. The summed E-state index contributed by atoms with van der Waals surface area (Å²) in [5, 5.41) is 4.38. The zero-order chi connectivity index (χ0) is 11.6. The Morgan fingerprint density at radius 2 is 2.38 bits per heavy atom. The van der Waals surface area contributed by atoms with Gasteiger partial charge in [0.25, 0.3) is 0 Å². The Bertz CT molecular complexity index is 317. The van der Waals surface area contributed by atoms with E-state index in [1.807, 2.05) is 0 Å². The van der Waals surface area contributed by atoms with E-state index in [1.165, 1.54) is 37.7 Å². The first-order chi connectivity index (χ1) is 7.60. The van der Waals surface area contributed by atoms with Gasteiger partial charge in [0.1, 0.15) is 0 Å². The molecule has 1 heterocycles. The number of nitrogens with two attached hydrogens (primary N) is 1. The van der Waals surface area contributed by atoms with Crippen LogP contribution in [0.25, 0.3) is 0 Å². The van der Waals surface area contributed by atoms with E-state index >= 15 is 0 Å². The van der Waals surface area contributed by atoms with Crippen LogP contribution in [0, 0.1) is 11.8 Å². The molecular weight excluding hydrogens is 214 g/mol. The van der Waals surface area contributed by atoms with E-state index in [0.29, 0.717) is 0 Å². The van der Waals surface area contributed by atoms with Gasteiger partial charge in [-0.25, -0.2) is 0 Å². The molecule has 16 heavy (non-hydrogen) atoms. The Morgan fingerprint density at radius 3 is 3.00 bits per heavy atom. The van der Waals surface area contributed by atoms with Gasteiger partial charge in [0.2, 0.25) is 0 Å². The largest absolute Gasteiger partial charge is 0.321 e. The molecule has 0 bridgehead atoms. The first-order valence-corrected chi connectivity index (χ1v) is 7.36. The Hall–Kier alpha value is -0.340. The molecule has 1 fully saturated rings. The summed E-state index contributed by atoms with van der Waals surface area (Å²) in [6, 6.07) is 2.21. The van der Waals surface area contributed by atoms with Crippen molar-refractivity contribution in [1.82, 2.24) is 0 Å². The van der Waals surface area contributed by atoms with E-state index in [9.17, 15) is 0 Å². The van der Waals surface area contributed by atoms with E-state index in [2.05, 4.69) is 30.7 Å². The van der Waals surface area contributed by atoms with Crippen LogP contribution >= 0.6 is 11.3 Å². The van der Waals surface area contributed by atoms with Crippen molar-refractivity contribution in [3.8, 4) is 0 Å². The van der Waals surface area contributed by atoms with Crippen molar-refractivity contribution >= 4 is 11.3 Å². The summed E-state index contributed by atoms with van der Waals surface area (Å²) >= 11 is 1.77. The van der Waals surface area contributed by atoms with Gasteiger partial charge in [-0.2, -0.15) is 11.3 Å². The van der Waals surface area contributed by atoms with Crippen molar-refractivity contribution in [3.05, 3.63) is 22.4 Å². The molecule has 2 atom stereocenters. The second kappa shape index (κ2) is 4.89. The smallest absolute Gasteiger partial charge is 0.0420 e. The number of hydrogen-bond donors (Lipinski definition) is 1. The van der Waals surface area contributed by atoms with Gasteiger partial charge in [-0.05, 0) is 53.5 Å². The zero-order valence-electron chi connectivity index (χ0n) is 10.4. The van der Waals surface area contributed by atoms with Crippen LogP contribution < -0.4 is 5.73 Å². The van der Waals surface area contributed by atoms with Gasteiger partial charge >= 0.3 is 0 Å². The Morgan fingerprint density at radius 1 is 1.56 bits per heavy atom. The molecular formula is C14H23NS. The first-order valence-electron chi connectivity index (χ1n) is 6.42. The topological polar surface area (TPSA) is 26.0 Å². The van der Waals surface area contributed by atoms with Crippen molar-refractivity contribution in [3.63, 3.8) is 0 Å². The van der Waals surface area contributed by atoms with Crippen molar-refractivity contribution in [2.24, 2.45) is 17.6 Å². The van der Waals surface area contributed by atoms with Crippen LogP contribution in [-0.2, 0) is 5.54 Å². The summed E-state index contributed by atoms with van der Waals surface area (Å²) in [4.78, 5) is 0. The molecule has 2 N–H and O–H groups in total. The lowest BCUT2D eigenvalue weighted by Crippen LogP contribution is -2.41. The Labute approximate surface area is 103 Å². The SMILES string of the molecule is CC(C)CC1CCCC(N)(c2ccsc2)C1. The number of hydrogen-bond acceptors (Lipinski definition) is 2. The third-order valence-electron chi connectivity index (χ3n) is 3.79. The maximum atomic E-state index is 6.60. The minimum atomic E-state index is -0.0300. The molecule has 1 aromatic heterocycles. The Balaban J connectivity index is 2.06. The van der Waals surface area contributed by atoms with Crippen LogP contribution in [0.2, 0.25) is 0 Å². The second-order valence-corrected chi connectivity index (χ2v) is 6.54. The molecule has 0 aliphatic heterocycles. The molecule has 1 aliphatic carbocycles. The average Bonchev–Trinajstić information content (AvgIpc) is 2.69. The minimum absolute atomic E-state index is 0.0300. The highest BCUT2D eigenvalue weighted by molar-refractivity contribution is 7.08. The van der Waals surface area contributed by atoms with Crippen molar-refractivity contribution in [2.75, 3.05) is 0 Å². The maximum Gasteiger partial charge on any atom is 0.0420 e. The molecule has 1 aromatic rings. The molecule has 0 aromatic carbocycles. The summed E-state index contributed by atoms with van der Waals surface area (Å²) in [7, 11) is 0. The van der Waals surface area contributed by atoms with E-state index < -0.39 is 0 Å². The standard InChI is InChI=1S/C14H23NS/c1-11(2)8-12-4-3-6-14(15,9-12)13-5-7-16-10-13/h5,7,10-12H,3-4,6,8-9,15H2,1-2H3. The summed E-state index contributed by atoms with van der Waals surface area (Å²) in [5.41, 5.74) is 7.93.